The van der Waals surface area contributed by atoms with Crippen molar-refractivity contribution in [2.24, 2.45) is 0 Å². The van der Waals surface area contributed by atoms with E-state index in [0.29, 0.717) is 32.7 Å². The summed E-state index contributed by atoms with van der Waals surface area (Å²) in [6.07, 6.45) is 0.742. The Hall–Kier alpha value is -1.40. The maximum atomic E-state index is 13.4. The van der Waals surface area contributed by atoms with Crippen LogP contribution in [-0.2, 0) is 6.42 Å². The van der Waals surface area contributed by atoms with Crippen LogP contribution in [0.3, 0.4) is 0 Å². The molecule has 0 bridgehead atoms. The molecule has 0 aliphatic rings. The molecule has 0 amide bonds. The van der Waals surface area contributed by atoms with Crippen LogP contribution in [0.1, 0.15) is 12.5 Å². The van der Waals surface area contributed by atoms with Crippen LogP contribution in [0.2, 0.25) is 0 Å². The zero-order chi connectivity index (χ0) is 15.1. The molecule has 1 aromatic heterocycles. The van der Waals surface area contributed by atoms with Gasteiger partial charge in [-0.25, -0.2) is 9.37 Å². The summed E-state index contributed by atoms with van der Waals surface area (Å²) < 4.78 is 20.7. The van der Waals surface area contributed by atoms with Gasteiger partial charge in [0, 0.05) is 15.6 Å². The third kappa shape index (κ3) is 2.36. The van der Waals surface area contributed by atoms with Gasteiger partial charge in [-0.3, -0.25) is 0 Å². The minimum atomic E-state index is -0.328. The Morgan fingerprint density at radius 2 is 2.05 bits per heavy atom. The van der Waals surface area contributed by atoms with Crippen LogP contribution < -0.4 is 5.73 Å². The van der Waals surface area contributed by atoms with E-state index < -0.39 is 0 Å². The SMILES string of the molecule is CCc1c(Br)c(N)c(Br)c2nc(-c3cccc(F)c3)oc12. The maximum absolute atomic E-state index is 13.4. The average Bonchev–Trinajstić information content (AvgIpc) is 2.91. The summed E-state index contributed by atoms with van der Waals surface area (Å²) in [6.45, 7) is 2.01. The topological polar surface area (TPSA) is 52.0 Å². The van der Waals surface area contributed by atoms with E-state index >= 15 is 0 Å². The lowest BCUT2D eigenvalue weighted by molar-refractivity contribution is 0.608. The number of nitrogens with zero attached hydrogens (tertiary/aromatic N) is 1. The van der Waals surface area contributed by atoms with E-state index in [-0.39, 0.29) is 5.82 Å². The van der Waals surface area contributed by atoms with E-state index in [2.05, 4.69) is 36.8 Å². The standard InChI is InChI=1S/C15H11Br2FN2O/c1-2-9-10(16)12(19)11(17)13-14(9)21-15(20-13)7-4-3-5-8(18)6-7/h3-6H,2,19H2,1H3. The molecule has 2 N–H and O–H groups in total. The van der Waals surface area contributed by atoms with Crippen LogP contribution in [0.5, 0.6) is 0 Å². The van der Waals surface area contributed by atoms with Crippen LogP contribution in [0.25, 0.3) is 22.6 Å². The van der Waals surface area contributed by atoms with Crippen LogP contribution in [-0.4, -0.2) is 4.98 Å². The van der Waals surface area contributed by atoms with Crippen molar-refractivity contribution < 1.29 is 8.81 Å². The van der Waals surface area contributed by atoms with Gasteiger partial charge in [0.1, 0.15) is 11.3 Å². The highest BCUT2D eigenvalue weighted by atomic mass is 79.9. The molecular weight excluding hydrogens is 403 g/mol. The van der Waals surface area contributed by atoms with Crippen LogP contribution >= 0.6 is 31.9 Å². The van der Waals surface area contributed by atoms with Gasteiger partial charge in [0.15, 0.2) is 5.58 Å². The van der Waals surface area contributed by atoms with Crippen LogP contribution in [0, 0.1) is 5.82 Å². The summed E-state index contributed by atoms with van der Waals surface area (Å²) in [5, 5.41) is 0. The first-order valence-corrected chi connectivity index (χ1v) is 7.93. The molecule has 0 aliphatic heterocycles. The minimum absolute atomic E-state index is 0.328. The van der Waals surface area contributed by atoms with Crippen molar-refractivity contribution in [2.75, 3.05) is 5.73 Å². The Labute approximate surface area is 137 Å². The number of nitrogens with two attached hydrogens (primary N) is 1. The quantitative estimate of drug-likeness (QED) is 0.579. The number of rotatable bonds is 2. The number of oxazole rings is 1. The Morgan fingerprint density at radius 1 is 1.29 bits per heavy atom. The Bertz CT molecular complexity index is 845. The van der Waals surface area contributed by atoms with Gasteiger partial charge in [-0.05, 0) is 56.5 Å². The number of fused-ring (bicyclic) bond motifs is 1. The van der Waals surface area contributed by atoms with Gasteiger partial charge in [0.25, 0.3) is 0 Å². The minimum Gasteiger partial charge on any atom is -0.436 e. The predicted molar refractivity (Wildman–Crippen MR) is 88.6 cm³/mol. The van der Waals surface area contributed by atoms with Crippen LogP contribution in [0.4, 0.5) is 10.1 Å². The van der Waals surface area contributed by atoms with E-state index in [1.54, 1.807) is 12.1 Å². The number of aryl methyl sites for hydroxylation is 1. The average molecular weight is 414 g/mol. The van der Waals surface area contributed by atoms with Crippen molar-refractivity contribution in [3.8, 4) is 11.5 Å². The first-order valence-electron chi connectivity index (χ1n) is 6.34. The third-order valence-electron chi connectivity index (χ3n) is 3.27. The highest BCUT2D eigenvalue weighted by Gasteiger charge is 2.20. The molecule has 3 rings (SSSR count). The first kappa shape index (κ1) is 14.5. The molecule has 3 aromatic rings. The number of aromatic nitrogens is 1. The van der Waals surface area contributed by atoms with Gasteiger partial charge in [0.05, 0.1) is 10.2 Å². The van der Waals surface area contributed by atoms with Crippen molar-refractivity contribution in [1.82, 2.24) is 4.98 Å². The molecule has 1 heterocycles. The molecule has 0 fully saturated rings. The van der Waals surface area contributed by atoms with Crippen LogP contribution in [0.15, 0.2) is 37.6 Å². The Balaban J connectivity index is 2.32. The molecule has 2 aromatic carbocycles. The fraction of sp³-hybridized carbons (Fsp3) is 0.133. The normalized spacial score (nSPS) is 11.2. The summed E-state index contributed by atoms with van der Waals surface area (Å²) in [5.74, 6) is 0.0441. The monoisotopic (exact) mass is 412 g/mol. The van der Waals surface area contributed by atoms with E-state index in [4.69, 9.17) is 10.2 Å². The van der Waals surface area contributed by atoms with E-state index in [9.17, 15) is 4.39 Å². The number of benzene rings is 2. The summed E-state index contributed by atoms with van der Waals surface area (Å²) in [5.41, 5.74) is 9.48. The second kappa shape index (κ2) is 5.42. The summed E-state index contributed by atoms with van der Waals surface area (Å²) in [7, 11) is 0. The van der Waals surface area contributed by atoms with Crippen molar-refractivity contribution in [1.29, 1.82) is 0 Å². The smallest absolute Gasteiger partial charge is 0.227 e. The molecule has 0 saturated heterocycles. The summed E-state index contributed by atoms with van der Waals surface area (Å²) >= 11 is 6.93. The number of nitrogen functional groups attached to an aromatic ring is 1. The van der Waals surface area contributed by atoms with Crippen molar-refractivity contribution in [3.05, 3.63) is 44.6 Å². The van der Waals surface area contributed by atoms with E-state index in [1.807, 2.05) is 6.92 Å². The highest BCUT2D eigenvalue weighted by Crippen LogP contribution is 2.41. The molecule has 0 unspecified atom stereocenters. The first-order chi connectivity index (χ1) is 10.0. The molecule has 0 aliphatic carbocycles. The van der Waals surface area contributed by atoms with Gasteiger partial charge in [-0.15, -0.1) is 0 Å². The molecule has 6 heteroatoms. The van der Waals surface area contributed by atoms with Gasteiger partial charge in [-0.2, -0.15) is 0 Å². The Morgan fingerprint density at radius 3 is 2.71 bits per heavy atom. The fourth-order valence-corrected chi connectivity index (χ4v) is 3.61. The lowest BCUT2D eigenvalue weighted by Gasteiger charge is -2.07. The van der Waals surface area contributed by atoms with Gasteiger partial charge < -0.3 is 10.2 Å². The third-order valence-corrected chi connectivity index (χ3v) is 4.98. The second-order valence-corrected chi connectivity index (χ2v) is 6.17. The summed E-state index contributed by atoms with van der Waals surface area (Å²) in [4.78, 5) is 4.45. The Kier molecular flexibility index (Phi) is 3.75. The number of anilines is 1. The molecule has 0 atom stereocenters. The van der Waals surface area contributed by atoms with E-state index in [0.717, 1.165) is 16.5 Å². The zero-order valence-corrected chi connectivity index (χ0v) is 14.3. The predicted octanol–water partition coefficient (Wildman–Crippen LogP) is 5.30. The molecule has 3 nitrogen and oxygen atoms in total. The molecule has 21 heavy (non-hydrogen) atoms. The molecule has 0 radical (unpaired) electrons. The maximum Gasteiger partial charge on any atom is 0.227 e. The lowest BCUT2D eigenvalue weighted by atomic mass is 10.1. The molecule has 0 spiro atoms. The number of halogens is 3. The van der Waals surface area contributed by atoms with Crippen molar-refractivity contribution >= 4 is 48.6 Å². The lowest BCUT2D eigenvalue weighted by Crippen LogP contribution is -1.94. The van der Waals surface area contributed by atoms with Gasteiger partial charge in [-0.1, -0.05) is 13.0 Å². The zero-order valence-electron chi connectivity index (χ0n) is 11.1. The van der Waals surface area contributed by atoms with Gasteiger partial charge in [0.2, 0.25) is 5.89 Å². The number of hydrogen-bond donors (Lipinski definition) is 1. The second-order valence-electron chi connectivity index (χ2n) is 4.58. The molecule has 0 saturated carbocycles. The van der Waals surface area contributed by atoms with Crippen molar-refractivity contribution in [3.63, 3.8) is 0 Å². The molecular formula is C15H11Br2FN2O. The summed E-state index contributed by atoms with van der Waals surface area (Å²) in [6, 6.07) is 6.15. The van der Waals surface area contributed by atoms with Gasteiger partial charge >= 0.3 is 0 Å². The largest absolute Gasteiger partial charge is 0.436 e. The molecule has 108 valence electrons. The van der Waals surface area contributed by atoms with Crippen molar-refractivity contribution in [2.45, 2.75) is 13.3 Å². The van der Waals surface area contributed by atoms with E-state index in [1.165, 1.54) is 12.1 Å². The number of hydrogen-bond acceptors (Lipinski definition) is 3. The fourth-order valence-electron chi connectivity index (χ4n) is 2.22. The highest BCUT2D eigenvalue weighted by molar-refractivity contribution is 9.11.